The number of aromatic nitrogens is 2. The second kappa shape index (κ2) is 8.37. The number of hydrogen-bond acceptors (Lipinski definition) is 5. The molecule has 0 bridgehead atoms. The molecule has 1 aromatic carbocycles. The molecule has 2 aliphatic rings. The van der Waals surface area contributed by atoms with Gasteiger partial charge >= 0.3 is 0 Å². The summed E-state index contributed by atoms with van der Waals surface area (Å²) < 4.78 is 12.9. The number of morpholine rings is 1. The number of rotatable bonds is 8. The maximum absolute atomic E-state index is 13.0. The number of nitrogens with zero attached hydrogens (tertiary/aromatic N) is 3. The molecule has 1 atom stereocenters. The van der Waals surface area contributed by atoms with E-state index in [0.717, 1.165) is 48.9 Å². The second-order valence-corrected chi connectivity index (χ2v) is 7.29. The molecular weight excluding hydrogens is 344 g/mol. The number of fused-ring (bicyclic) bond motifs is 1. The van der Waals surface area contributed by atoms with Crippen LogP contribution in [0.1, 0.15) is 25.0 Å². The number of carbonyl (C=O) groups excluding carboxylic acids is 1. The molecule has 146 valence electrons. The number of carbonyl (C=O) groups is 1. The summed E-state index contributed by atoms with van der Waals surface area (Å²) in [5.74, 6) is 0.0858. The predicted octanol–water partition coefficient (Wildman–Crippen LogP) is 1.55. The summed E-state index contributed by atoms with van der Waals surface area (Å²) in [5.41, 5.74) is 2.08. The van der Waals surface area contributed by atoms with E-state index < -0.39 is 0 Å². The van der Waals surface area contributed by atoms with Crippen molar-refractivity contribution in [2.24, 2.45) is 0 Å². The second-order valence-electron chi connectivity index (χ2n) is 7.29. The zero-order valence-electron chi connectivity index (χ0n) is 15.9. The first-order chi connectivity index (χ1) is 13.3. The number of aryl methyl sites for hydroxylation is 1. The van der Waals surface area contributed by atoms with Gasteiger partial charge in [-0.15, -0.1) is 0 Å². The average Bonchev–Trinajstić information content (AvgIpc) is 3.50. The number of nitrogens with one attached hydrogen (secondary N) is 1. The monoisotopic (exact) mass is 372 g/mol. The van der Waals surface area contributed by atoms with Gasteiger partial charge in [0.15, 0.2) is 0 Å². The Kier molecular flexibility index (Phi) is 5.71. The minimum absolute atomic E-state index is 0.0858. The van der Waals surface area contributed by atoms with Gasteiger partial charge in [0.2, 0.25) is 0 Å². The van der Waals surface area contributed by atoms with Gasteiger partial charge in [-0.05, 0) is 25.3 Å². The molecule has 1 aliphatic heterocycles. The minimum atomic E-state index is -0.380. The maximum atomic E-state index is 13.0. The van der Waals surface area contributed by atoms with Crippen molar-refractivity contribution < 1.29 is 14.3 Å². The third-order valence-corrected chi connectivity index (χ3v) is 5.25. The van der Waals surface area contributed by atoms with Gasteiger partial charge in [0.25, 0.3) is 5.91 Å². The lowest BCUT2D eigenvalue weighted by Gasteiger charge is -2.29. The third-order valence-electron chi connectivity index (χ3n) is 5.25. The zero-order valence-corrected chi connectivity index (χ0v) is 15.9. The van der Waals surface area contributed by atoms with Gasteiger partial charge in [0.1, 0.15) is 6.10 Å². The third kappa shape index (κ3) is 4.15. The van der Waals surface area contributed by atoms with Crippen molar-refractivity contribution in [1.29, 1.82) is 0 Å². The molecule has 1 N–H and O–H groups in total. The fourth-order valence-electron chi connectivity index (χ4n) is 3.69. The van der Waals surface area contributed by atoms with Gasteiger partial charge in [-0.1, -0.05) is 18.2 Å². The van der Waals surface area contributed by atoms with Crippen LogP contribution in [0.3, 0.4) is 0 Å². The fraction of sp³-hybridized carbons (Fsp3) is 0.600. The van der Waals surface area contributed by atoms with Crippen LogP contribution in [0.2, 0.25) is 0 Å². The molecule has 1 aromatic heterocycles. The van der Waals surface area contributed by atoms with Crippen LogP contribution >= 0.6 is 0 Å². The van der Waals surface area contributed by atoms with Gasteiger partial charge in [-0.3, -0.25) is 9.48 Å². The predicted molar refractivity (Wildman–Crippen MR) is 102 cm³/mol. The fourth-order valence-corrected chi connectivity index (χ4v) is 3.69. The normalized spacial score (nSPS) is 20.1. The molecule has 2 fully saturated rings. The van der Waals surface area contributed by atoms with E-state index in [2.05, 4.69) is 17.4 Å². The smallest absolute Gasteiger partial charge is 0.253 e. The molecular formula is C20H28N4O3. The summed E-state index contributed by atoms with van der Waals surface area (Å²) in [5, 5.41) is 9.22. The Morgan fingerprint density at radius 1 is 1.41 bits per heavy atom. The van der Waals surface area contributed by atoms with Crippen LogP contribution in [0.25, 0.3) is 10.9 Å². The van der Waals surface area contributed by atoms with E-state index in [1.165, 1.54) is 0 Å². The van der Waals surface area contributed by atoms with Crippen molar-refractivity contribution in [1.82, 2.24) is 20.0 Å². The lowest BCUT2D eigenvalue weighted by Crippen LogP contribution is -2.49. The van der Waals surface area contributed by atoms with Crippen LogP contribution in [0.4, 0.5) is 0 Å². The van der Waals surface area contributed by atoms with Crippen molar-refractivity contribution in [3.05, 3.63) is 30.0 Å². The van der Waals surface area contributed by atoms with Gasteiger partial charge < -0.3 is 19.7 Å². The molecule has 2 heterocycles. The molecule has 2 aromatic rings. The van der Waals surface area contributed by atoms with E-state index in [0.29, 0.717) is 32.3 Å². The number of para-hydroxylation sites is 1. The Morgan fingerprint density at radius 2 is 2.26 bits per heavy atom. The lowest BCUT2D eigenvalue weighted by atomic mass is 10.2. The van der Waals surface area contributed by atoms with E-state index in [-0.39, 0.29) is 12.0 Å². The summed E-state index contributed by atoms with van der Waals surface area (Å²) in [6, 6.07) is 8.58. The number of hydrogen-bond donors (Lipinski definition) is 1. The maximum Gasteiger partial charge on any atom is 0.253 e. The van der Waals surface area contributed by atoms with Crippen molar-refractivity contribution in [3.63, 3.8) is 0 Å². The van der Waals surface area contributed by atoms with Crippen LogP contribution in [0.5, 0.6) is 0 Å². The van der Waals surface area contributed by atoms with E-state index in [9.17, 15) is 4.79 Å². The molecule has 27 heavy (non-hydrogen) atoms. The minimum Gasteiger partial charge on any atom is -0.385 e. The highest BCUT2D eigenvalue weighted by molar-refractivity contribution is 5.84. The van der Waals surface area contributed by atoms with Crippen LogP contribution in [-0.4, -0.2) is 66.1 Å². The SMILES string of the molecule is COCCCn1nc(CN(C(=O)[C@H]2CNCCO2)C2CC2)c2ccccc21. The standard InChI is InChI=1S/C20H28N4O3/c1-26-11-4-10-24-18-6-3-2-5-16(18)17(22-24)14-23(15-7-8-15)20(25)19-13-21-9-12-27-19/h2-3,5-6,15,19,21H,4,7-14H2,1H3/t19-/m1/s1. The molecule has 4 rings (SSSR count). The Labute approximate surface area is 159 Å². The molecule has 1 aliphatic carbocycles. The number of ether oxygens (including phenoxy) is 2. The summed E-state index contributed by atoms with van der Waals surface area (Å²) in [4.78, 5) is 15.0. The van der Waals surface area contributed by atoms with Crippen LogP contribution in [-0.2, 0) is 27.4 Å². The summed E-state index contributed by atoms with van der Waals surface area (Å²) in [6.07, 6.45) is 2.67. The Morgan fingerprint density at radius 3 is 3.00 bits per heavy atom. The molecule has 0 radical (unpaired) electrons. The molecule has 0 spiro atoms. The molecule has 1 saturated heterocycles. The van der Waals surface area contributed by atoms with E-state index >= 15 is 0 Å². The van der Waals surface area contributed by atoms with Crippen molar-refractivity contribution >= 4 is 16.8 Å². The quantitative estimate of drug-likeness (QED) is 0.712. The van der Waals surface area contributed by atoms with Crippen LogP contribution in [0.15, 0.2) is 24.3 Å². The topological polar surface area (TPSA) is 68.6 Å². The Hall–Kier alpha value is -1.96. The average molecular weight is 372 g/mol. The highest BCUT2D eigenvalue weighted by Crippen LogP contribution is 2.31. The van der Waals surface area contributed by atoms with E-state index in [4.69, 9.17) is 14.6 Å². The van der Waals surface area contributed by atoms with Crippen molar-refractivity contribution in [2.45, 2.75) is 44.5 Å². The molecule has 1 saturated carbocycles. The Balaban J connectivity index is 1.56. The number of benzene rings is 1. The number of amides is 1. The first kappa shape index (κ1) is 18.4. The molecule has 7 nitrogen and oxygen atoms in total. The van der Waals surface area contributed by atoms with E-state index in [1.54, 1.807) is 7.11 Å². The van der Waals surface area contributed by atoms with Crippen molar-refractivity contribution in [3.8, 4) is 0 Å². The molecule has 0 unspecified atom stereocenters. The van der Waals surface area contributed by atoms with Gasteiger partial charge in [0.05, 0.1) is 24.4 Å². The highest BCUT2D eigenvalue weighted by Gasteiger charge is 2.37. The highest BCUT2D eigenvalue weighted by atomic mass is 16.5. The van der Waals surface area contributed by atoms with Gasteiger partial charge in [-0.25, -0.2) is 0 Å². The lowest BCUT2D eigenvalue weighted by molar-refractivity contribution is -0.146. The molecule has 7 heteroatoms. The summed E-state index contributed by atoms with van der Waals surface area (Å²) in [7, 11) is 1.72. The van der Waals surface area contributed by atoms with Crippen LogP contribution < -0.4 is 5.32 Å². The molecule has 1 amide bonds. The Bertz CT molecular complexity index is 781. The first-order valence-electron chi connectivity index (χ1n) is 9.84. The number of methoxy groups -OCH3 is 1. The van der Waals surface area contributed by atoms with Crippen molar-refractivity contribution in [2.75, 3.05) is 33.4 Å². The van der Waals surface area contributed by atoms with Gasteiger partial charge in [-0.2, -0.15) is 5.10 Å². The van der Waals surface area contributed by atoms with Gasteiger partial charge in [0, 0.05) is 44.8 Å². The largest absolute Gasteiger partial charge is 0.385 e. The summed E-state index contributed by atoms with van der Waals surface area (Å²) >= 11 is 0. The summed E-state index contributed by atoms with van der Waals surface area (Å²) in [6.45, 7) is 4.05. The zero-order chi connectivity index (χ0) is 18.6. The van der Waals surface area contributed by atoms with E-state index in [1.807, 2.05) is 21.7 Å². The van der Waals surface area contributed by atoms with Crippen LogP contribution in [0, 0.1) is 0 Å². The first-order valence-corrected chi connectivity index (χ1v) is 9.84.